The maximum atomic E-state index is 5.79. The maximum absolute atomic E-state index is 5.79. The Morgan fingerprint density at radius 1 is 1.08 bits per heavy atom. The first-order valence-corrected chi connectivity index (χ1v) is 9.65. The van der Waals surface area contributed by atoms with Gasteiger partial charge in [-0.05, 0) is 30.7 Å². The van der Waals surface area contributed by atoms with Gasteiger partial charge in [0.1, 0.15) is 17.4 Å². The number of hydrogen-bond donors (Lipinski definition) is 1. The van der Waals surface area contributed by atoms with E-state index in [0.29, 0.717) is 11.8 Å². The molecule has 5 nitrogen and oxygen atoms in total. The summed E-state index contributed by atoms with van der Waals surface area (Å²) in [5.41, 5.74) is 2.15. The minimum atomic E-state index is 0.375. The zero-order valence-corrected chi connectivity index (χ0v) is 15.2. The van der Waals surface area contributed by atoms with Gasteiger partial charge in [0.05, 0.1) is 16.0 Å². The van der Waals surface area contributed by atoms with Crippen molar-refractivity contribution in [3.8, 4) is 5.75 Å². The summed E-state index contributed by atoms with van der Waals surface area (Å²) in [7, 11) is 0. The molecule has 4 aromatic rings. The van der Waals surface area contributed by atoms with Crippen LogP contribution in [0.15, 0.2) is 53.7 Å². The Balaban J connectivity index is 1.35. The molecule has 2 aromatic carbocycles. The number of benzene rings is 2. The van der Waals surface area contributed by atoms with Crippen LogP contribution in [-0.4, -0.2) is 20.2 Å². The second-order valence-corrected chi connectivity index (χ2v) is 7.54. The van der Waals surface area contributed by atoms with Crippen LogP contribution in [0.5, 0.6) is 5.75 Å². The number of para-hydroxylation sites is 2. The van der Waals surface area contributed by atoms with Crippen molar-refractivity contribution in [2.24, 2.45) is 0 Å². The van der Waals surface area contributed by atoms with Crippen LogP contribution in [0.25, 0.3) is 10.2 Å². The molecule has 1 N–H and O–H groups in total. The minimum absolute atomic E-state index is 0.375. The van der Waals surface area contributed by atoms with Crippen LogP contribution in [0.2, 0.25) is 0 Å². The van der Waals surface area contributed by atoms with Gasteiger partial charge < -0.3 is 4.74 Å². The lowest BCUT2D eigenvalue weighted by atomic mass is 10.2. The van der Waals surface area contributed by atoms with E-state index in [9.17, 15) is 0 Å². The maximum Gasteiger partial charge on any atom is 0.208 e. The summed E-state index contributed by atoms with van der Waals surface area (Å²) < 4.78 is 6.99. The number of nitrogens with zero attached hydrogens (tertiary/aromatic N) is 3. The molecule has 7 heteroatoms. The van der Waals surface area contributed by atoms with Gasteiger partial charge in [-0.3, -0.25) is 5.10 Å². The second kappa shape index (κ2) is 7.25. The Labute approximate surface area is 153 Å². The standard InChI is InChI=1S/C18H16N4OS2/c1-12-6-2-4-8-14(12)23-10-16-20-18(22-21-16)24-11-17-19-13-7-3-5-9-15(13)25-17/h2-9H,10-11H2,1H3,(H,20,21,22). The second-order valence-electron chi connectivity index (χ2n) is 5.48. The van der Waals surface area contributed by atoms with Crippen LogP contribution in [-0.2, 0) is 12.4 Å². The number of hydrogen-bond acceptors (Lipinski definition) is 6. The Morgan fingerprint density at radius 3 is 2.80 bits per heavy atom. The van der Waals surface area contributed by atoms with Gasteiger partial charge in [-0.2, -0.15) is 0 Å². The molecule has 0 radical (unpaired) electrons. The molecule has 0 fully saturated rings. The molecule has 0 bridgehead atoms. The zero-order valence-electron chi connectivity index (χ0n) is 13.6. The summed E-state index contributed by atoms with van der Waals surface area (Å²) in [5.74, 6) is 2.34. The molecule has 0 saturated heterocycles. The first-order chi connectivity index (χ1) is 12.3. The van der Waals surface area contributed by atoms with Gasteiger partial charge in [0.25, 0.3) is 0 Å². The number of nitrogens with one attached hydrogen (secondary N) is 1. The average Bonchev–Trinajstić information content (AvgIpc) is 3.25. The molecule has 0 unspecified atom stereocenters. The lowest BCUT2D eigenvalue weighted by molar-refractivity contribution is 0.294. The quantitative estimate of drug-likeness (QED) is 0.504. The lowest BCUT2D eigenvalue weighted by Gasteiger charge is -2.06. The number of fused-ring (bicyclic) bond motifs is 1. The largest absolute Gasteiger partial charge is 0.485 e. The Kier molecular flexibility index (Phi) is 4.67. The van der Waals surface area contributed by atoms with E-state index in [1.807, 2.05) is 49.4 Å². The van der Waals surface area contributed by atoms with Gasteiger partial charge in [0.2, 0.25) is 5.16 Å². The molecule has 0 saturated carbocycles. The predicted octanol–water partition coefficient (Wildman–Crippen LogP) is 4.59. The van der Waals surface area contributed by atoms with Crippen molar-refractivity contribution in [2.75, 3.05) is 0 Å². The number of aromatic nitrogens is 4. The van der Waals surface area contributed by atoms with E-state index in [1.54, 1.807) is 23.1 Å². The number of thiazole rings is 1. The third kappa shape index (κ3) is 3.83. The summed E-state index contributed by atoms with van der Waals surface area (Å²) >= 11 is 3.28. The monoisotopic (exact) mass is 368 g/mol. The first-order valence-electron chi connectivity index (χ1n) is 7.85. The van der Waals surface area contributed by atoms with Crippen LogP contribution in [0.3, 0.4) is 0 Å². The third-order valence-corrected chi connectivity index (χ3v) is 5.71. The van der Waals surface area contributed by atoms with Crippen molar-refractivity contribution < 1.29 is 4.74 Å². The number of thioether (sulfide) groups is 1. The summed E-state index contributed by atoms with van der Waals surface area (Å²) in [6.45, 7) is 2.40. The van der Waals surface area contributed by atoms with Crippen molar-refractivity contribution in [2.45, 2.75) is 24.4 Å². The molecule has 2 heterocycles. The predicted molar refractivity (Wildman–Crippen MR) is 101 cm³/mol. The number of rotatable bonds is 6. The van der Waals surface area contributed by atoms with Gasteiger partial charge in [-0.15, -0.1) is 16.4 Å². The third-order valence-electron chi connectivity index (χ3n) is 3.63. The minimum Gasteiger partial charge on any atom is -0.485 e. The number of aromatic amines is 1. The molecular formula is C18H16N4OS2. The molecule has 2 aromatic heterocycles. The van der Waals surface area contributed by atoms with E-state index in [1.165, 1.54) is 4.70 Å². The van der Waals surface area contributed by atoms with Crippen molar-refractivity contribution in [1.82, 2.24) is 20.2 Å². The Bertz CT molecular complexity index is 962. The summed E-state index contributed by atoms with van der Waals surface area (Å²) in [5, 5.41) is 8.97. The molecular weight excluding hydrogens is 352 g/mol. The fraction of sp³-hybridized carbons (Fsp3) is 0.167. The highest BCUT2D eigenvalue weighted by Gasteiger charge is 2.08. The van der Waals surface area contributed by atoms with Gasteiger partial charge in [0.15, 0.2) is 5.82 Å². The highest BCUT2D eigenvalue weighted by molar-refractivity contribution is 7.98. The Hall–Kier alpha value is -2.38. The fourth-order valence-corrected chi connectivity index (χ4v) is 4.16. The van der Waals surface area contributed by atoms with Crippen LogP contribution in [0.4, 0.5) is 0 Å². The highest BCUT2D eigenvalue weighted by atomic mass is 32.2. The topological polar surface area (TPSA) is 63.7 Å². The van der Waals surface area contributed by atoms with Gasteiger partial charge in [-0.1, -0.05) is 42.1 Å². The molecule has 0 aliphatic rings. The van der Waals surface area contributed by atoms with E-state index in [2.05, 4.69) is 26.2 Å². The smallest absolute Gasteiger partial charge is 0.208 e. The van der Waals surface area contributed by atoms with E-state index in [0.717, 1.165) is 33.4 Å². The molecule has 0 amide bonds. The van der Waals surface area contributed by atoms with Crippen LogP contribution in [0.1, 0.15) is 16.4 Å². The normalized spacial score (nSPS) is 11.1. The summed E-state index contributed by atoms with van der Waals surface area (Å²) in [4.78, 5) is 9.10. The fourth-order valence-electron chi connectivity index (χ4n) is 2.38. The van der Waals surface area contributed by atoms with Crippen LogP contribution < -0.4 is 4.74 Å². The van der Waals surface area contributed by atoms with Crippen molar-refractivity contribution >= 4 is 33.3 Å². The van der Waals surface area contributed by atoms with Crippen molar-refractivity contribution in [3.05, 3.63) is 64.9 Å². The lowest BCUT2D eigenvalue weighted by Crippen LogP contribution is -1.98. The number of ether oxygens (including phenoxy) is 1. The average molecular weight is 368 g/mol. The Morgan fingerprint density at radius 2 is 1.92 bits per heavy atom. The van der Waals surface area contributed by atoms with Crippen LogP contribution >= 0.6 is 23.1 Å². The number of aryl methyl sites for hydroxylation is 1. The molecule has 0 atom stereocenters. The van der Waals surface area contributed by atoms with E-state index >= 15 is 0 Å². The summed E-state index contributed by atoms with van der Waals surface area (Å²) in [6.07, 6.45) is 0. The SMILES string of the molecule is Cc1ccccc1OCc1nc(SCc2nc3ccccc3s2)n[nH]1. The van der Waals surface area contributed by atoms with E-state index in [-0.39, 0.29) is 0 Å². The van der Waals surface area contributed by atoms with Crippen LogP contribution in [0, 0.1) is 6.92 Å². The highest BCUT2D eigenvalue weighted by Crippen LogP contribution is 2.27. The van der Waals surface area contributed by atoms with Gasteiger partial charge in [-0.25, -0.2) is 9.97 Å². The van der Waals surface area contributed by atoms with Crippen molar-refractivity contribution in [3.63, 3.8) is 0 Å². The van der Waals surface area contributed by atoms with E-state index in [4.69, 9.17) is 4.74 Å². The van der Waals surface area contributed by atoms with E-state index < -0.39 is 0 Å². The van der Waals surface area contributed by atoms with Gasteiger partial charge >= 0.3 is 0 Å². The first kappa shape index (κ1) is 16.1. The molecule has 25 heavy (non-hydrogen) atoms. The molecule has 0 spiro atoms. The molecule has 4 rings (SSSR count). The molecule has 126 valence electrons. The summed E-state index contributed by atoms with van der Waals surface area (Å²) in [6, 6.07) is 16.1. The van der Waals surface area contributed by atoms with Crippen molar-refractivity contribution in [1.29, 1.82) is 0 Å². The molecule has 0 aliphatic carbocycles. The van der Waals surface area contributed by atoms with Gasteiger partial charge in [0, 0.05) is 0 Å². The number of H-pyrrole nitrogens is 1. The molecule has 0 aliphatic heterocycles. The zero-order chi connectivity index (χ0) is 17.1.